The molecule has 72 valence electrons. The molecule has 1 fully saturated rings. The Labute approximate surface area is 73.9 Å². The molecule has 0 aromatic rings. The number of amides is 1. The van der Waals surface area contributed by atoms with E-state index in [1.165, 1.54) is 0 Å². The van der Waals surface area contributed by atoms with Crippen molar-refractivity contribution in [2.45, 2.75) is 0 Å². The van der Waals surface area contributed by atoms with Crippen LogP contribution in [0.1, 0.15) is 0 Å². The number of esters is 1. The maximum absolute atomic E-state index is 11.0. The van der Waals surface area contributed by atoms with Crippen molar-refractivity contribution in [3.63, 3.8) is 0 Å². The molecule has 13 heavy (non-hydrogen) atoms. The Morgan fingerprint density at radius 1 is 1.62 bits per heavy atom. The van der Waals surface area contributed by atoms with E-state index in [1.54, 1.807) is 0 Å². The summed E-state index contributed by atoms with van der Waals surface area (Å²) in [5.74, 6) is -4.83. The zero-order valence-electron chi connectivity index (χ0n) is 6.94. The minimum atomic E-state index is -1.31. The van der Waals surface area contributed by atoms with Crippen molar-refractivity contribution in [2.24, 2.45) is 11.8 Å². The van der Waals surface area contributed by atoms with E-state index in [2.05, 4.69) is 10.1 Å². The number of methoxy groups -OCH3 is 1. The smallest absolute Gasteiger partial charge is 0.317 e. The first-order chi connectivity index (χ1) is 6.07. The molecule has 1 saturated heterocycles. The second-order valence-electron chi connectivity index (χ2n) is 2.69. The van der Waals surface area contributed by atoms with Crippen molar-refractivity contribution in [3.05, 3.63) is 0 Å². The van der Waals surface area contributed by atoms with Gasteiger partial charge in [0.2, 0.25) is 5.91 Å². The van der Waals surface area contributed by atoms with Gasteiger partial charge in [0.25, 0.3) is 0 Å². The number of rotatable bonds is 2. The zero-order valence-corrected chi connectivity index (χ0v) is 6.94. The molecule has 1 amide bonds. The molecular weight excluding hydrogens is 178 g/mol. The highest BCUT2D eigenvalue weighted by Crippen LogP contribution is 2.19. The van der Waals surface area contributed by atoms with Crippen molar-refractivity contribution >= 4 is 17.8 Å². The first-order valence-electron chi connectivity index (χ1n) is 3.66. The highest BCUT2D eigenvalue weighted by atomic mass is 16.5. The number of nitrogens with one attached hydrogen (secondary N) is 1. The van der Waals surface area contributed by atoms with Gasteiger partial charge in [-0.25, -0.2) is 0 Å². The molecule has 0 radical (unpaired) electrons. The molecule has 6 nitrogen and oxygen atoms in total. The Balaban J connectivity index is 2.81. The van der Waals surface area contributed by atoms with E-state index in [0.717, 1.165) is 7.11 Å². The average molecular weight is 187 g/mol. The van der Waals surface area contributed by atoms with Crippen LogP contribution in [0.5, 0.6) is 0 Å². The van der Waals surface area contributed by atoms with Gasteiger partial charge in [-0.15, -0.1) is 0 Å². The Bertz CT molecular complexity index is 262. The van der Waals surface area contributed by atoms with Gasteiger partial charge < -0.3 is 15.2 Å². The Kier molecular flexibility index (Phi) is 2.50. The van der Waals surface area contributed by atoms with Gasteiger partial charge in [0.15, 0.2) is 5.92 Å². The van der Waals surface area contributed by atoms with Crippen molar-refractivity contribution in [1.29, 1.82) is 0 Å². The number of carboxylic acids is 1. The molecule has 0 unspecified atom stereocenters. The third-order valence-corrected chi connectivity index (χ3v) is 1.95. The first kappa shape index (κ1) is 9.50. The third kappa shape index (κ3) is 1.61. The monoisotopic (exact) mass is 187 g/mol. The summed E-state index contributed by atoms with van der Waals surface area (Å²) in [5.41, 5.74) is 0. The Morgan fingerprint density at radius 3 is 2.69 bits per heavy atom. The van der Waals surface area contributed by atoms with Gasteiger partial charge in [-0.05, 0) is 0 Å². The topological polar surface area (TPSA) is 92.7 Å². The molecule has 0 aromatic carbocycles. The third-order valence-electron chi connectivity index (χ3n) is 1.95. The number of ether oxygens (including phenoxy) is 1. The fourth-order valence-corrected chi connectivity index (χ4v) is 1.28. The molecule has 0 saturated carbocycles. The molecule has 1 rings (SSSR count). The van der Waals surface area contributed by atoms with Gasteiger partial charge in [-0.3, -0.25) is 14.4 Å². The predicted molar refractivity (Wildman–Crippen MR) is 39.6 cm³/mol. The molecule has 1 aliphatic heterocycles. The minimum absolute atomic E-state index is 0.0302. The number of carboxylic acid groups (broad SMARTS) is 1. The molecule has 6 heteroatoms. The molecule has 0 aliphatic carbocycles. The predicted octanol–water partition coefficient (Wildman–Crippen LogP) is -1.39. The van der Waals surface area contributed by atoms with Crippen LogP contribution in [-0.4, -0.2) is 36.6 Å². The number of hydrogen-bond donors (Lipinski definition) is 2. The number of carbonyl (C=O) groups is 3. The van der Waals surface area contributed by atoms with Gasteiger partial charge in [-0.1, -0.05) is 0 Å². The van der Waals surface area contributed by atoms with Gasteiger partial charge in [0, 0.05) is 6.54 Å². The summed E-state index contributed by atoms with van der Waals surface area (Å²) >= 11 is 0. The van der Waals surface area contributed by atoms with Crippen LogP contribution in [0.25, 0.3) is 0 Å². The molecule has 0 spiro atoms. The van der Waals surface area contributed by atoms with Crippen LogP contribution in [0.4, 0.5) is 0 Å². The summed E-state index contributed by atoms with van der Waals surface area (Å²) in [5, 5.41) is 10.9. The van der Waals surface area contributed by atoms with Crippen molar-refractivity contribution in [2.75, 3.05) is 13.7 Å². The van der Waals surface area contributed by atoms with Crippen LogP contribution in [0.3, 0.4) is 0 Å². The van der Waals surface area contributed by atoms with Crippen LogP contribution >= 0.6 is 0 Å². The lowest BCUT2D eigenvalue weighted by Gasteiger charge is -2.09. The summed E-state index contributed by atoms with van der Waals surface area (Å²) < 4.78 is 4.37. The highest BCUT2D eigenvalue weighted by molar-refractivity contribution is 6.03. The normalized spacial score (nSPS) is 26.7. The largest absolute Gasteiger partial charge is 0.481 e. The molecule has 0 aromatic heterocycles. The lowest BCUT2D eigenvalue weighted by atomic mass is 9.96. The van der Waals surface area contributed by atoms with Gasteiger partial charge in [-0.2, -0.15) is 0 Å². The van der Waals surface area contributed by atoms with Gasteiger partial charge in [0.1, 0.15) is 0 Å². The van der Waals surface area contributed by atoms with E-state index in [4.69, 9.17) is 5.11 Å². The van der Waals surface area contributed by atoms with E-state index >= 15 is 0 Å². The lowest BCUT2D eigenvalue weighted by molar-refractivity contribution is -0.156. The van der Waals surface area contributed by atoms with E-state index in [0.29, 0.717) is 0 Å². The molecule has 2 N–H and O–H groups in total. The maximum atomic E-state index is 11.0. The summed E-state index contributed by atoms with van der Waals surface area (Å²) in [4.78, 5) is 32.5. The summed E-state index contributed by atoms with van der Waals surface area (Å²) in [6.07, 6.45) is 0. The van der Waals surface area contributed by atoms with Crippen LogP contribution in [0, 0.1) is 11.8 Å². The van der Waals surface area contributed by atoms with Gasteiger partial charge in [0.05, 0.1) is 13.0 Å². The van der Waals surface area contributed by atoms with E-state index < -0.39 is 29.7 Å². The van der Waals surface area contributed by atoms with E-state index in [1.807, 2.05) is 0 Å². The summed E-state index contributed by atoms with van der Waals surface area (Å²) in [6.45, 7) is 0.0302. The first-order valence-corrected chi connectivity index (χ1v) is 3.66. The molecule has 2 atom stereocenters. The Morgan fingerprint density at radius 2 is 2.23 bits per heavy atom. The average Bonchev–Trinajstić information content (AvgIpc) is 2.45. The second-order valence-corrected chi connectivity index (χ2v) is 2.69. The SMILES string of the molecule is COC(=O)[C@H]1CNC(=O)[C@@H]1C(=O)O. The molecular formula is C7H9NO5. The molecule has 1 heterocycles. The lowest BCUT2D eigenvalue weighted by Crippen LogP contribution is -2.31. The van der Waals surface area contributed by atoms with Crippen molar-refractivity contribution in [1.82, 2.24) is 5.32 Å². The quantitative estimate of drug-likeness (QED) is 0.410. The number of carbonyl (C=O) groups excluding carboxylic acids is 2. The van der Waals surface area contributed by atoms with E-state index in [-0.39, 0.29) is 6.54 Å². The Hall–Kier alpha value is -1.59. The van der Waals surface area contributed by atoms with Gasteiger partial charge >= 0.3 is 11.9 Å². The van der Waals surface area contributed by atoms with Crippen LogP contribution in [0.2, 0.25) is 0 Å². The van der Waals surface area contributed by atoms with Crippen LogP contribution < -0.4 is 5.32 Å². The minimum Gasteiger partial charge on any atom is -0.481 e. The fraction of sp³-hybridized carbons (Fsp3) is 0.571. The van der Waals surface area contributed by atoms with Crippen LogP contribution in [-0.2, 0) is 19.1 Å². The van der Waals surface area contributed by atoms with Crippen molar-refractivity contribution < 1.29 is 24.2 Å². The summed E-state index contributed by atoms with van der Waals surface area (Å²) in [6, 6.07) is 0. The van der Waals surface area contributed by atoms with Crippen LogP contribution in [0.15, 0.2) is 0 Å². The van der Waals surface area contributed by atoms with Crippen molar-refractivity contribution in [3.8, 4) is 0 Å². The zero-order chi connectivity index (χ0) is 10.0. The second kappa shape index (κ2) is 3.42. The number of hydrogen-bond acceptors (Lipinski definition) is 4. The maximum Gasteiger partial charge on any atom is 0.317 e. The molecule has 0 bridgehead atoms. The highest BCUT2D eigenvalue weighted by Gasteiger charge is 2.45. The summed E-state index contributed by atoms with van der Waals surface area (Å²) in [7, 11) is 1.16. The fourth-order valence-electron chi connectivity index (χ4n) is 1.28. The van der Waals surface area contributed by atoms with E-state index in [9.17, 15) is 14.4 Å². The standard InChI is InChI=1S/C7H9NO5/c1-13-7(12)3-2-8-5(9)4(3)6(10)11/h3-4H,2H2,1H3,(H,8,9)(H,10,11)/t3-,4+/m0/s1. The molecule has 1 aliphatic rings. The number of aliphatic carboxylic acids is 1.